The van der Waals surface area contributed by atoms with E-state index in [1.165, 1.54) is 5.69 Å². The van der Waals surface area contributed by atoms with Gasteiger partial charge in [0, 0.05) is 18.8 Å². The van der Waals surface area contributed by atoms with E-state index in [2.05, 4.69) is 36.9 Å². The largest absolute Gasteiger partial charge is 0.370 e. The van der Waals surface area contributed by atoms with Crippen LogP contribution in [0.3, 0.4) is 0 Å². The second kappa shape index (κ2) is 6.08. The first-order valence-corrected chi connectivity index (χ1v) is 5.41. The van der Waals surface area contributed by atoms with Gasteiger partial charge in [0.25, 0.3) is 0 Å². The Kier molecular flexibility index (Phi) is 4.70. The van der Waals surface area contributed by atoms with Gasteiger partial charge in [-0.3, -0.25) is 0 Å². The van der Waals surface area contributed by atoms with Crippen molar-refractivity contribution in [1.29, 1.82) is 5.26 Å². The Morgan fingerprint density at radius 3 is 2.47 bits per heavy atom. The van der Waals surface area contributed by atoms with E-state index in [4.69, 9.17) is 5.26 Å². The van der Waals surface area contributed by atoms with Crippen molar-refractivity contribution in [3.8, 4) is 6.07 Å². The van der Waals surface area contributed by atoms with E-state index in [1.54, 1.807) is 0 Å². The Labute approximate surface area is 92.1 Å². The molecule has 0 aliphatic carbocycles. The van der Waals surface area contributed by atoms with Crippen LogP contribution >= 0.6 is 0 Å². The monoisotopic (exact) mass is 202 g/mol. The molecule has 0 heterocycles. The van der Waals surface area contributed by atoms with Crippen LogP contribution in [0.15, 0.2) is 30.3 Å². The highest BCUT2D eigenvalue weighted by Gasteiger charge is 2.07. The minimum atomic E-state index is 0.585. The van der Waals surface area contributed by atoms with Crippen molar-refractivity contribution in [2.45, 2.75) is 20.3 Å². The molecule has 15 heavy (non-hydrogen) atoms. The maximum Gasteiger partial charge on any atom is 0.0640 e. The molecule has 0 unspecified atom stereocenters. The fourth-order valence-corrected chi connectivity index (χ4v) is 1.59. The summed E-state index contributed by atoms with van der Waals surface area (Å²) in [4.78, 5) is 2.27. The third-order valence-electron chi connectivity index (χ3n) is 2.20. The van der Waals surface area contributed by atoms with Gasteiger partial charge < -0.3 is 4.90 Å². The first kappa shape index (κ1) is 11.6. The number of hydrogen-bond acceptors (Lipinski definition) is 2. The van der Waals surface area contributed by atoms with Crippen molar-refractivity contribution in [2.24, 2.45) is 5.92 Å². The average molecular weight is 202 g/mol. The van der Waals surface area contributed by atoms with Gasteiger partial charge in [-0.2, -0.15) is 5.26 Å². The number of nitrogens with zero attached hydrogens (tertiary/aromatic N) is 2. The molecular formula is C13H18N2. The molecule has 1 rings (SSSR count). The molecule has 1 aromatic rings. The molecule has 0 bridgehead atoms. The molecular weight excluding hydrogens is 184 g/mol. The van der Waals surface area contributed by atoms with Gasteiger partial charge in [0.05, 0.1) is 12.5 Å². The SMILES string of the molecule is CC(C)CN(CCC#N)c1ccccc1. The molecule has 0 saturated carbocycles. The molecule has 0 fully saturated rings. The summed E-state index contributed by atoms with van der Waals surface area (Å²) in [7, 11) is 0. The summed E-state index contributed by atoms with van der Waals surface area (Å²) in [6, 6.07) is 12.5. The third-order valence-corrected chi connectivity index (χ3v) is 2.20. The highest BCUT2D eigenvalue weighted by atomic mass is 15.1. The minimum absolute atomic E-state index is 0.585. The summed E-state index contributed by atoms with van der Waals surface area (Å²) < 4.78 is 0. The predicted molar refractivity (Wildman–Crippen MR) is 63.7 cm³/mol. The molecule has 1 aromatic carbocycles. The molecule has 0 aromatic heterocycles. The van der Waals surface area contributed by atoms with Gasteiger partial charge in [-0.25, -0.2) is 0 Å². The smallest absolute Gasteiger partial charge is 0.0640 e. The van der Waals surface area contributed by atoms with Crippen LogP contribution in [0.25, 0.3) is 0 Å². The summed E-state index contributed by atoms with van der Waals surface area (Å²) >= 11 is 0. The topological polar surface area (TPSA) is 27.0 Å². The fraction of sp³-hybridized carbons (Fsp3) is 0.462. The first-order valence-electron chi connectivity index (χ1n) is 5.41. The zero-order chi connectivity index (χ0) is 11.1. The Bertz CT molecular complexity index is 311. The summed E-state index contributed by atoms with van der Waals surface area (Å²) in [5.74, 6) is 0.615. The summed E-state index contributed by atoms with van der Waals surface area (Å²) in [5.41, 5.74) is 1.21. The maximum atomic E-state index is 8.62. The molecule has 0 spiro atoms. The van der Waals surface area contributed by atoms with Gasteiger partial charge in [0.15, 0.2) is 0 Å². The van der Waals surface area contributed by atoms with E-state index in [1.807, 2.05) is 18.2 Å². The molecule has 0 N–H and O–H groups in total. The molecule has 0 amide bonds. The minimum Gasteiger partial charge on any atom is -0.370 e. The number of nitriles is 1. The average Bonchev–Trinajstić information content (AvgIpc) is 2.25. The second-order valence-electron chi connectivity index (χ2n) is 4.08. The van der Waals surface area contributed by atoms with Gasteiger partial charge in [-0.1, -0.05) is 32.0 Å². The summed E-state index contributed by atoms with van der Waals surface area (Å²) in [6.45, 7) is 6.22. The lowest BCUT2D eigenvalue weighted by atomic mass is 10.2. The second-order valence-corrected chi connectivity index (χ2v) is 4.08. The number of hydrogen-bond donors (Lipinski definition) is 0. The third kappa shape index (κ3) is 4.03. The summed E-state index contributed by atoms with van der Waals surface area (Å²) in [5, 5.41) is 8.62. The molecule has 0 radical (unpaired) electrons. The van der Waals surface area contributed by atoms with Gasteiger partial charge in [0.2, 0.25) is 0 Å². The Morgan fingerprint density at radius 2 is 1.93 bits per heavy atom. The highest BCUT2D eigenvalue weighted by Crippen LogP contribution is 2.15. The van der Waals surface area contributed by atoms with E-state index in [0.717, 1.165) is 13.1 Å². The Hall–Kier alpha value is -1.49. The van der Waals surface area contributed by atoms with Crippen LogP contribution in [0.2, 0.25) is 0 Å². The normalized spacial score (nSPS) is 10.0. The van der Waals surface area contributed by atoms with Crippen molar-refractivity contribution in [3.05, 3.63) is 30.3 Å². The maximum absolute atomic E-state index is 8.62. The number of anilines is 1. The van der Waals surface area contributed by atoms with E-state index < -0.39 is 0 Å². The molecule has 0 aliphatic rings. The molecule has 2 heteroatoms. The zero-order valence-electron chi connectivity index (χ0n) is 9.48. The van der Waals surface area contributed by atoms with Gasteiger partial charge >= 0.3 is 0 Å². The van der Waals surface area contributed by atoms with Crippen LogP contribution < -0.4 is 4.90 Å². The number of rotatable bonds is 5. The highest BCUT2D eigenvalue weighted by molar-refractivity contribution is 5.46. The van der Waals surface area contributed by atoms with Crippen LogP contribution in [0, 0.1) is 17.2 Å². The van der Waals surface area contributed by atoms with Gasteiger partial charge in [-0.05, 0) is 18.1 Å². The van der Waals surface area contributed by atoms with Crippen molar-refractivity contribution >= 4 is 5.69 Å². The molecule has 80 valence electrons. The van der Waals surface area contributed by atoms with Crippen LogP contribution in [0.5, 0.6) is 0 Å². The van der Waals surface area contributed by atoms with Crippen molar-refractivity contribution < 1.29 is 0 Å². The van der Waals surface area contributed by atoms with E-state index in [-0.39, 0.29) is 0 Å². The van der Waals surface area contributed by atoms with E-state index in [0.29, 0.717) is 12.3 Å². The molecule has 0 aliphatic heterocycles. The lowest BCUT2D eigenvalue weighted by molar-refractivity contribution is 0.612. The first-order chi connectivity index (χ1) is 7.24. The van der Waals surface area contributed by atoms with Gasteiger partial charge in [-0.15, -0.1) is 0 Å². The van der Waals surface area contributed by atoms with Crippen LogP contribution in [0.4, 0.5) is 5.69 Å². The number of para-hydroxylation sites is 1. The zero-order valence-corrected chi connectivity index (χ0v) is 9.48. The van der Waals surface area contributed by atoms with E-state index in [9.17, 15) is 0 Å². The van der Waals surface area contributed by atoms with Crippen LogP contribution in [0.1, 0.15) is 20.3 Å². The Balaban J connectivity index is 2.68. The summed E-state index contributed by atoms with van der Waals surface area (Å²) in [6.07, 6.45) is 0.585. The van der Waals surface area contributed by atoms with Crippen molar-refractivity contribution in [3.63, 3.8) is 0 Å². The van der Waals surface area contributed by atoms with Crippen LogP contribution in [-0.4, -0.2) is 13.1 Å². The predicted octanol–water partition coefficient (Wildman–Crippen LogP) is 3.06. The van der Waals surface area contributed by atoms with Crippen molar-refractivity contribution in [2.75, 3.05) is 18.0 Å². The van der Waals surface area contributed by atoms with Gasteiger partial charge in [0.1, 0.15) is 0 Å². The quantitative estimate of drug-likeness (QED) is 0.733. The lowest BCUT2D eigenvalue weighted by Gasteiger charge is -2.25. The van der Waals surface area contributed by atoms with Crippen molar-refractivity contribution in [1.82, 2.24) is 0 Å². The molecule has 0 saturated heterocycles. The lowest BCUT2D eigenvalue weighted by Crippen LogP contribution is -2.28. The van der Waals surface area contributed by atoms with Crippen LogP contribution in [-0.2, 0) is 0 Å². The standard InChI is InChI=1S/C13H18N2/c1-12(2)11-15(10-6-9-14)13-7-4-3-5-8-13/h3-5,7-8,12H,6,10-11H2,1-2H3. The molecule has 2 nitrogen and oxygen atoms in total. The fourth-order valence-electron chi connectivity index (χ4n) is 1.59. The Morgan fingerprint density at radius 1 is 1.27 bits per heavy atom. The van der Waals surface area contributed by atoms with E-state index >= 15 is 0 Å². The number of benzene rings is 1. The molecule has 0 atom stereocenters.